The summed E-state index contributed by atoms with van der Waals surface area (Å²) in [5.41, 5.74) is 7.51. The van der Waals surface area contributed by atoms with E-state index in [2.05, 4.69) is 29.3 Å². The van der Waals surface area contributed by atoms with Crippen LogP contribution >= 0.6 is 0 Å². The fourth-order valence-corrected chi connectivity index (χ4v) is 3.60. The Balaban J connectivity index is 1.55. The lowest BCUT2D eigenvalue weighted by molar-refractivity contribution is -0.124. The average molecular weight is 331 g/mol. The first-order valence-corrected chi connectivity index (χ1v) is 9.04. The lowest BCUT2D eigenvalue weighted by atomic mass is 9.90. The molecule has 5 nitrogen and oxygen atoms in total. The van der Waals surface area contributed by atoms with Crippen LogP contribution in [0.5, 0.6) is 0 Å². The zero-order valence-electron chi connectivity index (χ0n) is 14.6. The van der Waals surface area contributed by atoms with Crippen molar-refractivity contribution in [1.82, 2.24) is 4.90 Å². The van der Waals surface area contributed by atoms with E-state index in [0.29, 0.717) is 26.1 Å². The van der Waals surface area contributed by atoms with E-state index in [1.165, 1.54) is 31.5 Å². The summed E-state index contributed by atoms with van der Waals surface area (Å²) in [6.07, 6.45) is 3.78. The number of rotatable bonds is 4. The molecule has 3 rings (SSSR count). The number of amides is 1. The van der Waals surface area contributed by atoms with Crippen molar-refractivity contribution in [1.29, 1.82) is 0 Å². The van der Waals surface area contributed by atoms with Gasteiger partial charge in [0.1, 0.15) is 5.54 Å². The molecule has 2 fully saturated rings. The summed E-state index contributed by atoms with van der Waals surface area (Å²) >= 11 is 0. The largest absolute Gasteiger partial charge is 0.381 e. The fraction of sp³-hybridized carbons (Fsp3) is 0.632. The van der Waals surface area contributed by atoms with E-state index in [4.69, 9.17) is 10.5 Å². The summed E-state index contributed by atoms with van der Waals surface area (Å²) in [5.74, 6) is 0.681. The molecule has 2 heterocycles. The van der Waals surface area contributed by atoms with Crippen molar-refractivity contribution in [2.75, 3.05) is 31.6 Å². The molecule has 2 aliphatic rings. The SMILES string of the molecule is CC1CCCN(Cc2ccc(NC(=O)C3(N)CCOCC3)cc2)C1. The van der Waals surface area contributed by atoms with Crippen LogP contribution < -0.4 is 11.1 Å². The molecule has 2 saturated heterocycles. The van der Waals surface area contributed by atoms with Gasteiger partial charge in [0.25, 0.3) is 0 Å². The van der Waals surface area contributed by atoms with Crippen LogP contribution in [0.15, 0.2) is 24.3 Å². The van der Waals surface area contributed by atoms with Gasteiger partial charge in [0.05, 0.1) is 0 Å². The topological polar surface area (TPSA) is 67.6 Å². The first-order valence-electron chi connectivity index (χ1n) is 9.04. The van der Waals surface area contributed by atoms with Crippen LogP contribution in [0.1, 0.15) is 38.2 Å². The van der Waals surface area contributed by atoms with Crippen molar-refractivity contribution >= 4 is 11.6 Å². The van der Waals surface area contributed by atoms with E-state index in [1.54, 1.807) is 0 Å². The molecule has 3 N–H and O–H groups in total. The minimum Gasteiger partial charge on any atom is -0.381 e. The number of piperidine rings is 1. The van der Waals surface area contributed by atoms with E-state index in [1.807, 2.05) is 12.1 Å². The highest BCUT2D eigenvalue weighted by atomic mass is 16.5. The highest BCUT2D eigenvalue weighted by Gasteiger charge is 2.35. The van der Waals surface area contributed by atoms with Gasteiger partial charge in [-0.2, -0.15) is 0 Å². The van der Waals surface area contributed by atoms with Gasteiger partial charge in [0.15, 0.2) is 0 Å². The third kappa shape index (κ3) is 4.35. The van der Waals surface area contributed by atoms with Gasteiger partial charge >= 0.3 is 0 Å². The quantitative estimate of drug-likeness (QED) is 0.889. The van der Waals surface area contributed by atoms with Crippen LogP contribution in [0.3, 0.4) is 0 Å². The molecule has 0 bridgehead atoms. The molecule has 0 saturated carbocycles. The summed E-state index contributed by atoms with van der Waals surface area (Å²) in [6, 6.07) is 8.15. The second-order valence-corrected chi connectivity index (χ2v) is 7.40. The number of hydrogen-bond donors (Lipinski definition) is 2. The molecule has 2 aliphatic heterocycles. The maximum Gasteiger partial charge on any atom is 0.244 e. The Morgan fingerprint density at radius 3 is 2.71 bits per heavy atom. The minimum atomic E-state index is -0.805. The number of carbonyl (C=O) groups excluding carboxylic acids is 1. The van der Waals surface area contributed by atoms with Crippen LogP contribution in [-0.4, -0.2) is 42.6 Å². The van der Waals surface area contributed by atoms with Gasteiger partial charge in [0.2, 0.25) is 5.91 Å². The second-order valence-electron chi connectivity index (χ2n) is 7.40. The summed E-state index contributed by atoms with van der Waals surface area (Å²) < 4.78 is 5.30. The Morgan fingerprint density at radius 2 is 2.04 bits per heavy atom. The molecule has 1 atom stereocenters. The number of carbonyl (C=O) groups is 1. The summed E-state index contributed by atoms with van der Waals surface area (Å²) in [5, 5.41) is 2.96. The number of benzene rings is 1. The van der Waals surface area contributed by atoms with Crippen LogP contribution in [0.25, 0.3) is 0 Å². The fourth-order valence-electron chi connectivity index (χ4n) is 3.60. The number of nitrogens with two attached hydrogens (primary N) is 1. The first-order chi connectivity index (χ1) is 11.5. The maximum absolute atomic E-state index is 12.4. The maximum atomic E-state index is 12.4. The lowest BCUT2D eigenvalue weighted by Crippen LogP contribution is -2.54. The lowest BCUT2D eigenvalue weighted by Gasteiger charge is -2.32. The molecule has 0 spiro atoms. The Morgan fingerprint density at radius 1 is 1.33 bits per heavy atom. The molecule has 5 heteroatoms. The van der Waals surface area contributed by atoms with E-state index < -0.39 is 5.54 Å². The van der Waals surface area contributed by atoms with Gasteiger partial charge < -0.3 is 15.8 Å². The van der Waals surface area contributed by atoms with Gasteiger partial charge in [-0.1, -0.05) is 19.1 Å². The van der Waals surface area contributed by atoms with Crippen molar-refractivity contribution in [3.63, 3.8) is 0 Å². The van der Waals surface area contributed by atoms with Gasteiger partial charge in [-0.15, -0.1) is 0 Å². The predicted molar refractivity (Wildman–Crippen MR) is 95.7 cm³/mol. The zero-order valence-corrected chi connectivity index (χ0v) is 14.6. The molecular formula is C19H29N3O2. The summed E-state index contributed by atoms with van der Waals surface area (Å²) in [6.45, 7) is 6.77. The number of likely N-dealkylation sites (tertiary alicyclic amines) is 1. The van der Waals surface area contributed by atoms with E-state index in [-0.39, 0.29) is 5.91 Å². The Labute approximate surface area is 144 Å². The van der Waals surface area contributed by atoms with E-state index in [0.717, 1.165) is 18.2 Å². The first kappa shape index (κ1) is 17.4. The molecule has 0 radical (unpaired) electrons. The van der Waals surface area contributed by atoms with E-state index in [9.17, 15) is 4.79 Å². The van der Waals surface area contributed by atoms with Crippen LogP contribution in [0.4, 0.5) is 5.69 Å². The number of hydrogen-bond acceptors (Lipinski definition) is 4. The van der Waals surface area contributed by atoms with Crippen molar-refractivity contribution in [3.8, 4) is 0 Å². The Bertz CT molecular complexity index is 552. The predicted octanol–water partition coefficient (Wildman–Crippen LogP) is 2.36. The van der Waals surface area contributed by atoms with Gasteiger partial charge in [0, 0.05) is 32.0 Å². The minimum absolute atomic E-state index is 0.108. The monoisotopic (exact) mass is 331 g/mol. The average Bonchev–Trinajstić information content (AvgIpc) is 2.57. The molecule has 132 valence electrons. The molecule has 0 aromatic heterocycles. The normalized spacial score (nSPS) is 24.5. The third-order valence-corrected chi connectivity index (χ3v) is 5.20. The van der Waals surface area contributed by atoms with Crippen molar-refractivity contribution < 1.29 is 9.53 Å². The van der Waals surface area contributed by atoms with Gasteiger partial charge in [-0.25, -0.2) is 0 Å². The smallest absolute Gasteiger partial charge is 0.244 e. The van der Waals surface area contributed by atoms with Crippen LogP contribution in [0.2, 0.25) is 0 Å². The highest BCUT2D eigenvalue weighted by Crippen LogP contribution is 2.21. The Kier molecular flexibility index (Phi) is 5.54. The molecular weight excluding hydrogens is 302 g/mol. The van der Waals surface area contributed by atoms with E-state index >= 15 is 0 Å². The molecule has 1 aromatic rings. The molecule has 24 heavy (non-hydrogen) atoms. The number of ether oxygens (including phenoxy) is 1. The molecule has 1 unspecified atom stereocenters. The summed E-state index contributed by atoms with van der Waals surface area (Å²) in [7, 11) is 0. The van der Waals surface area contributed by atoms with Crippen LogP contribution in [0, 0.1) is 5.92 Å². The molecule has 1 amide bonds. The van der Waals surface area contributed by atoms with Crippen molar-refractivity contribution in [2.45, 2.75) is 44.7 Å². The van der Waals surface area contributed by atoms with Crippen molar-refractivity contribution in [3.05, 3.63) is 29.8 Å². The Hall–Kier alpha value is -1.43. The standard InChI is InChI=1S/C19H29N3O2/c1-15-3-2-10-22(13-15)14-16-4-6-17(7-5-16)21-18(23)19(20)8-11-24-12-9-19/h4-7,15H,2-3,8-14,20H2,1H3,(H,21,23). The molecule has 1 aromatic carbocycles. The second kappa shape index (κ2) is 7.64. The highest BCUT2D eigenvalue weighted by molar-refractivity contribution is 5.98. The number of nitrogens with one attached hydrogen (secondary N) is 1. The van der Waals surface area contributed by atoms with Crippen LogP contribution in [-0.2, 0) is 16.1 Å². The third-order valence-electron chi connectivity index (χ3n) is 5.20. The number of anilines is 1. The molecule has 0 aliphatic carbocycles. The number of nitrogens with zero attached hydrogens (tertiary/aromatic N) is 1. The van der Waals surface area contributed by atoms with Crippen molar-refractivity contribution in [2.24, 2.45) is 11.7 Å². The van der Waals surface area contributed by atoms with Gasteiger partial charge in [-0.3, -0.25) is 9.69 Å². The van der Waals surface area contributed by atoms with Gasteiger partial charge in [-0.05, 0) is 55.8 Å². The summed E-state index contributed by atoms with van der Waals surface area (Å²) in [4.78, 5) is 14.9. The zero-order chi connectivity index (χ0) is 17.0.